The standard InChI is InChI=1S/C15H20BrNO2S/c1-14(2)8-17(9-15(3,4)19-14)13(18)11-6-5-10(16)7-12(11)20/h5-7,20H,8-9H2,1-4H3. The third kappa shape index (κ3) is 3.57. The number of hydrogen-bond acceptors (Lipinski definition) is 3. The summed E-state index contributed by atoms with van der Waals surface area (Å²) in [5.74, 6) is 0.00644. The molecule has 0 aromatic heterocycles. The number of rotatable bonds is 1. The van der Waals surface area contributed by atoms with Gasteiger partial charge >= 0.3 is 0 Å². The van der Waals surface area contributed by atoms with Crippen LogP contribution in [0.25, 0.3) is 0 Å². The summed E-state index contributed by atoms with van der Waals surface area (Å²) in [5, 5.41) is 0. The Labute approximate surface area is 134 Å². The summed E-state index contributed by atoms with van der Waals surface area (Å²) in [5.41, 5.74) is -0.0578. The minimum atomic E-state index is -0.344. The van der Waals surface area contributed by atoms with E-state index in [1.54, 1.807) is 0 Å². The van der Waals surface area contributed by atoms with Crippen molar-refractivity contribution in [2.75, 3.05) is 13.1 Å². The summed E-state index contributed by atoms with van der Waals surface area (Å²) < 4.78 is 6.92. The number of morpholine rings is 1. The Kier molecular flexibility index (Phi) is 4.24. The van der Waals surface area contributed by atoms with Gasteiger partial charge in [0.1, 0.15) is 0 Å². The molecule has 1 aliphatic rings. The van der Waals surface area contributed by atoms with E-state index in [9.17, 15) is 4.79 Å². The van der Waals surface area contributed by atoms with Crippen molar-refractivity contribution in [1.82, 2.24) is 4.90 Å². The lowest BCUT2D eigenvalue weighted by atomic mass is 9.98. The summed E-state index contributed by atoms with van der Waals surface area (Å²) in [4.78, 5) is 15.3. The number of carbonyl (C=O) groups is 1. The lowest BCUT2D eigenvalue weighted by Gasteiger charge is -2.47. The predicted molar refractivity (Wildman–Crippen MR) is 86.5 cm³/mol. The van der Waals surface area contributed by atoms with Gasteiger partial charge < -0.3 is 9.64 Å². The number of nitrogens with zero attached hydrogens (tertiary/aromatic N) is 1. The molecule has 5 heteroatoms. The normalized spacial score (nSPS) is 20.8. The van der Waals surface area contributed by atoms with E-state index in [4.69, 9.17) is 4.74 Å². The highest BCUT2D eigenvalue weighted by Gasteiger charge is 2.40. The van der Waals surface area contributed by atoms with Gasteiger partial charge in [0.25, 0.3) is 5.91 Å². The zero-order valence-corrected chi connectivity index (χ0v) is 14.7. The lowest BCUT2D eigenvalue weighted by Crippen LogP contribution is -2.58. The van der Waals surface area contributed by atoms with Crippen molar-refractivity contribution in [1.29, 1.82) is 0 Å². The number of carbonyl (C=O) groups excluding carboxylic acids is 1. The maximum atomic E-state index is 12.7. The lowest BCUT2D eigenvalue weighted by molar-refractivity contribution is -0.171. The monoisotopic (exact) mass is 357 g/mol. The second kappa shape index (κ2) is 5.35. The summed E-state index contributed by atoms with van der Waals surface area (Å²) in [7, 11) is 0. The number of benzene rings is 1. The van der Waals surface area contributed by atoms with E-state index < -0.39 is 0 Å². The number of hydrogen-bond donors (Lipinski definition) is 1. The van der Waals surface area contributed by atoms with Crippen molar-refractivity contribution >= 4 is 34.5 Å². The average Bonchev–Trinajstić information content (AvgIpc) is 2.23. The van der Waals surface area contributed by atoms with E-state index in [2.05, 4.69) is 28.6 Å². The maximum absolute atomic E-state index is 12.7. The molecule has 0 aliphatic carbocycles. The number of ether oxygens (including phenoxy) is 1. The molecule has 1 aromatic rings. The SMILES string of the molecule is CC1(C)CN(C(=O)c2ccc(Br)cc2S)CC(C)(C)O1. The highest BCUT2D eigenvalue weighted by molar-refractivity contribution is 9.10. The largest absolute Gasteiger partial charge is 0.366 e. The fraction of sp³-hybridized carbons (Fsp3) is 0.533. The Hall–Kier alpha value is -0.520. The quantitative estimate of drug-likeness (QED) is 0.775. The second-order valence-electron chi connectivity index (χ2n) is 6.44. The van der Waals surface area contributed by atoms with Crippen LogP contribution < -0.4 is 0 Å². The Morgan fingerprint density at radius 3 is 2.30 bits per heavy atom. The van der Waals surface area contributed by atoms with Crippen LogP contribution in [0, 0.1) is 0 Å². The van der Waals surface area contributed by atoms with Gasteiger partial charge in [0.05, 0.1) is 16.8 Å². The van der Waals surface area contributed by atoms with E-state index in [0.717, 1.165) is 4.47 Å². The minimum Gasteiger partial charge on any atom is -0.366 e. The topological polar surface area (TPSA) is 29.5 Å². The van der Waals surface area contributed by atoms with Crippen LogP contribution in [0.4, 0.5) is 0 Å². The third-order valence-corrected chi connectivity index (χ3v) is 4.04. The first kappa shape index (κ1) is 15.9. The van der Waals surface area contributed by atoms with E-state index in [1.807, 2.05) is 50.8 Å². The molecule has 3 nitrogen and oxygen atoms in total. The van der Waals surface area contributed by atoms with E-state index in [0.29, 0.717) is 23.5 Å². The van der Waals surface area contributed by atoms with Crippen molar-refractivity contribution in [3.05, 3.63) is 28.2 Å². The van der Waals surface area contributed by atoms with Crippen molar-refractivity contribution in [3.8, 4) is 0 Å². The summed E-state index contributed by atoms with van der Waals surface area (Å²) >= 11 is 7.79. The molecular weight excluding hydrogens is 338 g/mol. The minimum absolute atomic E-state index is 0.00644. The van der Waals surface area contributed by atoms with E-state index >= 15 is 0 Å². The number of amides is 1. The van der Waals surface area contributed by atoms with Gasteiger partial charge in [-0.1, -0.05) is 15.9 Å². The molecule has 0 saturated carbocycles. The fourth-order valence-electron chi connectivity index (χ4n) is 2.79. The molecule has 2 rings (SSSR count). The Balaban J connectivity index is 2.28. The summed E-state index contributed by atoms with van der Waals surface area (Å²) in [6.07, 6.45) is 0. The Bertz CT molecular complexity index is 527. The molecule has 0 bridgehead atoms. The van der Waals surface area contributed by atoms with E-state index in [1.165, 1.54) is 0 Å². The molecule has 0 unspecified atom stereocenters. The highest BCUT2D eigenvalue weighted by Crippen LogP contribution is 2.30. The van der Waals surface area contributed by atoms with Crippen molar-refractivity contribution < 1.29 is 9.53 Å². The Morgan fingerprint density at radius 2 is 1.80 bits per heavy atom. The molecular formula is C15H20BrNO2S. The van der Waals surface area contributed by atoms with Crippen LogP contribution in [-0.2, 0) is 4.74 Å². The molecule has 1 heterocycles. The summed E-state index contributed by atoms with van der Waals surface area (Å²) in [6, 6.07) is 5.51. The van der Waals surface area contributed by atoms with Gasteiger partial charge in [0, 0.05) is 22.5 Å². The summed E-state index contributed by atoms with van der Waals surface area (Å²) in [6.45, 7) is 9.21. The van der Waals surface area contributed by atoms with Crippen LogP contribution >= 0.6 is 28.6 Å². The molecule has 0 N–H and O–H groups in total. The highest BCUT2D eigenvalue weighted by atomic mass is 79.9. The van der Waals surface area contributed by atoms with Crippen LogP contribution in [0.5, 0.6) is 0 Å². The van der Waals surface area contributed by atoms with Gasteiger partial charge in [-0.3, -0.25) is 4.79 Å². The van der Waals surface area contributed by atoms with Crippen LogP contribution in [-0.4, -0.2) is 35.1 Å². The van der Waals surface area contributed by atoms with Gasteiger partial charge in [-0.05, 0) is 45.9 Å². The molecule has 1 aliphatic heterocycles. The first-order chi connectivity index (χ1) is 9.10. The van der Waals surface area contributed by atoms with Crippen LogP contribution in [0.15, 0.2) is 27.6 Å². The van der Waals surface area contributed by atoms with E-state index in [-0.39, 0.29) is 17.1 Å². The molecule has 1 fully saturated rings. The van der Waals surface area contributed by atoms with Gasteiger partial charge in [0.2, 0.25) is 0 Å². The maximum Gasteiger partial charge on any atom is 0.255 e. The fourth-order valence-corrected chi connectivity index (χ4v) is 3.63. The first-order valence-electron chi connectivity index (χ1n) is 6.58. The van der Waals surface area contributed by atoms with Crippen molar-refractivity contribution in [2.45, 2.75) is 43.8 Å². The van der Waals surface area contributed by atoms with Gasteiger partial charge in [0.15, 0.2) is 0 Å². The molecule has 0 radical (unpaired) electrons. The molecule has 20 heavy (non-hydrogen) atoms. The van der Waals surface area contributed by atoms with Crippen LogP contribution in [0.2, 0.25) is 0 Å². The number of thiol groups is 1. The van der Waals surface area contributed by atoms with Gasteiger partial charge in [-0.25, -0.2) is 0 Å². The molecule has 0 atom stereocenters. The van der Waals surface area contributed by atoms with Crippen molar-refractivity contribution in [3.63, 3.8) is 0 Å². The molecule has 1 aromatic carbocycles. The zero-order chi connectivity index (χ0) is 15.1. The predicted octanol–water partition coefficient (Wildman–Crippen LogP) is 3.77. The second-order valence-corrected chi connectivity index (χ2v) is 7.84. The number of halogens is 1. The van der Waals surface area contributed by atoms with Crippen LogP contribution in [0.3, 0.4) is 0 Å². The molecule has 110 valence electrons. The first-order valence-corrected chi connectivity index (χ1v) is 7.82. The van der Waals surface area contributed by atoms with Crippen molar-refractivity contribution in [2.24, 2.45) is 0 Å². The average molecular weight is 358 g/mol. The molecule has 0 spiro atoms. The molecule has 1 saturated heterocycles. The smallest absolute Gasteiger partial charge is 0.255 e. The van der Waals surface area contributed by atoms with Gasteiger partial charge in [-0.15, -0.1) is 12.6 Å². The third-order valence-electron chi connectivity index (χ3n) is 3.17. The molecule has 1 amide bonds. The van der Waals surface area contributed by atoms with Crippen LogP contribution in [0.1, 0.15) is 38.1 Å². The zero-order valence-electron chi connectivity index (χ0n) is 12.2. The Morgan fingerprint density at radius 1 is 1.25 bits per heavy atom. The van der Waals surface area contributed by atoms with Gasteiger partial charge in [-0.2, -0.15) is 0 Å².